The number of amides is 1. The van der Waals surface area contributed by atoms with Gasteiger partial charge in [-0.1, -0.05) is 41.2 Å². The van der Waals surface area contributed by atoms with Gasteiger partial charge in [0.25, 0.3) is 5.91 Å². The number of rotatable bonds is 4. The Balaban J connectivity index is 1.51. The minimum absolute atomic E-state index is 0.123. The Bertz CT molecular complexity index is 974. The molecule has 0 bridgehead atoms. The van der Waals surface area contributed by atoms with Gasteiger partial charge in [0, 0.05) is 25.5 Å². The van der Waals surface area contributed by atoms with Gasteiger partial charge in [-0.3, -0.25) is 14.0 Å². The van der Waals surface area contributed by atoms with Gasteiger partial charge in [-0.05, 0) is 32.3 Å². The molecule has 0 spiro atoms. The number of likely N-dealkylation sites (tertiary alicyclic amines) is 1. The van der Waals surface area contributed by atoms with Crippen LogP contribution >= 0.6 is 11.3 Å². The van der Waals surface area contributed by atoms with Gasteiger partial charge in [-0.25, -0.2) is 4.98 Å². The first-order chi connectivity index (χ1) is 13.5. The van der Waals surface area contributed by atoms with E-state index in [2.05, 4.69) is 36.2 Å². The zero-order valence-electron chi connectivity index (χ0n) is 16.1. The van der Waals surface area contributed by atoms with Crippen molar-refractivity contribution in [2.45, 2.75) is 26.7 Å². The number of carbonyl (C=O) groups excluding carboxylic acids is 2. The number of esters is 1. The van der Waals surface area contributed by atoms with Crippen LogP contribution in [0, 0.1) is 12.8 Å². The van der Waals surface area contributed by atoms with Crippen LogP contribution in [0.5, 0.6) is 0 Å². The third-order valence-corrected chi connectivity index (χ3v) is 6.09. The summed E-state index contributed by atoms with van der Waals surface area (Å²) in [5.74, 6) is -0.579. The number of hydrogen-bond donors (Lipinski definition) is 0. The van der Waals surface area contributed by atoms with Crippen molar-refractivity contribution < 1.29 is 14.3 Å². The number of aryl methyl sites for hydroxylation is 1. The lowest BCUT2D eigenvalue weighted by Crippen LogP contribution is -2.43. The summed E-state index contributed by atoms with van der Waals surface area (Å²) in [6.07, 6.45) is 5.35. The summed E-state index contributed by atoms with van der Waals surface area (Å²) in [7, 11) is 0. The molecule has 1 aliphatic heterocycles. The maximum absolute atomic E-state index is 12.9. The summed E-state index contributed by atoms with van der Waals surface area (Å²) in [5.41, 5.74) is 2.79. The van der Waals surface area contributed by atoms with Crippen LogP contribution in [0.15, 0.2) is 36.7 Å². The first-order valence-corrected chi connectivity index (χ1v) is 10.4. The predicted molar refractivity (Wildman–Crippen MR) is 109 cm³/mol. The molecule has 0 aliphatic carbocycles. The van der Waals surface area contributed by atoms with E-state index < -0.39 is 0 Å². The molecular weight excluding hydrogens is 374 g/mol. The van der Waals surface area contributed by atoms with Crippen molar-refractivity contribution in [2.24, 2.45) is 5.92 Å². The average Bonchev–Trinajstić information content (AvgIpc) is 3.27. The van der Waals surface area contributed by atoms with E-state index in [1.54, 1.807) is 29.4 Å². The summed E-state index contributed by atoms with van der Waals surface area (Å²) < 4.78 is 7.02. The number of thiazole rings is 1. The van der Waals surface area contributed by atoms with Gasteiger partial charge < -0.3 is 9.64 Å². The molecular formula is C21H23N3O3S. The van der Waals surface area contributed by atoms with Gasteiger partial charge >= 0.3 is 5.97 Å². The minimum atomic E-state index is -0.241. The van der Waals surface area contributed by atoms with Crippen molar-refractivity contribution in [3.8, 4) is 10.4 Å². The lowest BCUT2D eigenvalue weighted by atomic mass is 9.98. The topological polar surface area (TPSA) is 63.9 Å². The molecule has 28 heavy (non-hydrogen) atoms. The molecule has 0 saturated carbocycles. The predicted octanol–water partition coefficient (Wildman–Crippen LogP) is 3.79. The molecule has 1 amide bonds. The number of carbonyl (C=O) groups is 2. The summed E-state index contributed by atoms with van der Waals surface area (Å²) in [4.78, 5) is 33.1. The summed E-state index contributed by atoms with van der Waals surface area (Å²) in [5, 5.41) is 0. The van der Waals surface area contributed by atoms with Gasteiger partial charge in [0.2, 0.25) is 0 Å². The SMILES string of the molecule is CCOC(=O)C1CCCN(C(=O)c2cn3cc(-c4ccc(C)cc4)sc3n2)C1. The third kappa shape index (κ3) is 3.67. The first-order valence-electron chi connectivity index (χ1n) is 9.56. The Morgan fingerprint density at radius 3 is 2.75 bits per heavy atom. The Morgan fingerprint density at radius 1 is 1.25 bits per heavy atom. The number of ether oxygens (including phenoxy) is 1. The number of hydrogen-bond acceptors (Lipinski definition) is 5. The van der Waals surface area contributed by atoms with Crippen molar-refractivity contribution in [1.29, 1.82) is 0 Å². The fourth-order valence-corrected chi connectivity index (χ4v) is 4.50. The molecule has 1 unspecified atom stereocenters. The van der Waals surface area contributed by atoms with Crippen LogP contribution in [-0.4, -0.2) is 45.9 Å². The van der Waals surface area contributed by atoms with E-state index in [4.69, 9.17) is 4.74 Å². The normalized spacial score (nSPS) is 17.1. The van der Waals surface area contributed by atoms with Crippen LogP contribution in [-0.2, 0) is 9.53 Å². The largest absolute Gasteiger partial charge is 0.466 e. The zero-order valence-corrected chi connectivity index (χ0v) is 16.9. The third-order valence-electron chi connectivity index (χ3n) is 5.04. The van der Waals surface area contributed by atoms with Gasteiger partial charge in [-0.2, -0.15) is 0 Å². The fourth-order valence-electron chi connectivity index (χ4n) is 3.53. The molecule has 1 fully saturated rings. The maximum atomic E-state index is 12.9. The molecule has 3 heterocycles. The minimum Gasteiger partial charge on any atom is -0.466 e. The lowest BCUT2D eigenvalue weighted by Gasteiger charge is -2.31. The quantitative estimate of drug-likeness (QED) is 0.629. The highest BCUT2D eigenvalue weighted by Gasteiger charge is 2.30. The van der Waals surface area contributed by atoms with E-state index in [1.807, 2.05) is 10.6 Å². The van der Waals surface area contributed by atoms with Gasteiger partial charge in [0.15, 0.2) is 4.96 Å². The Kier molecular flexibility index (Phi) is 5.17. The van der Waals surface area contributed by atoms with Crippen molar-refractivity contribution in [2.75, 3.05) is 19.7 Å². The van der Waals surface area contributed by atoms with E-state index in [-0.39, 0.29) is 17.8 Å². The Labute approximate surface area is 167 Å². The van der Waals surface area contributed by atoms with E-state index in [0.717, 1.165) is 28.2 Å². The number of fused-ring (bicyclic) bond motifs is 1. The first kappa shape index (κ1) is 18.7. The van der Waals surface area contributed by atoms with E-state index >= 15 is 0 Å². The highest BCUT2D eigenvalue weighted by atomic mass is 32.1. The molecule has 7 heteroatoms. The van der Waals surface area contributed by atoms with E-state index in [0.29, 0.717) is 25.4 Å². The second kappa shape index (κ2) is 7.75. The zero-order chi connectivity index (χ0) is 19.7. The highest BCUT2D eigenvalue weighted by Crippen LogP contribution is 2.29. The molecule has 4 rings (SSSR count). The number of piperidine rings is 1. The summed E-state index contributed by atoms with van der Waals surface area (Å²) in [6, 6.07) is 8.36. The fraction of sp³-hybridized carbons (Fsp3) is 0.381. The van der Waals surface area contributed by atoms with E-state index in [1.165, 1.54) is 5.56 Å². The van der Waals surface area contributed by atoms with Crippen LogP contribution in [0.25, 0.3) is 15.4 Å². The highest BCUT2D eigenvalue weighted by molar-refractivity contribution is 7.20. The van der Waals surface area contributed by atoms with Crippen LogP contribution in [0.2, 0.25) is 0 Å². The molecule has 146 valence electrons. The number of benzene rings is 1. The van der Waals surface area contributed by atoms with Crippen LogP contribution < -0.4 is 0 Å². The molecule has 6 nitrogen and oxygen atoms in total. The van der Waals surface area contributed by atoms with Gasteiger partial charge in [0.05, 0.1) is 17.4 Å². The average molecular weight is 398 g/mol. The molecule has 0 radical (unpaired) electrons. The van der Waals surface area contributed by atoms with Gasteiger partial charge in [0.1, 0.15) is 5.69 Å². The van der Waals surface area contributed by atoms with Crippen LogP contribution in [0.4, 0.5) is 0 Å². The molecule has 0 N–H and O–H groups in total. The molecule has 3 aromatic rings. The maximum Gasteiger partial charge on any atom is 0.310 e. The second-order valence-electron chi connectivity index (χ2n) is 7.12. The Hall–Kier alpha value is -2.67. The molecule has 1 atom stereocenters. The number of aromatic nitrogens is 2. The summed E-state index contributed by atoms with van der Waals surface area (Å²) in [6.45, 7) is 5.28. The van der Waals surface area contributed by atoms with Crippen LogP contribution in [0.1, 0.15) is 35.8 Å². The lowest BCUT2D eigenvalue weighted by molar-refractivity contribution is -0.149. The Morgan fingerprint density at radius 2 is 2.04 bits per heavy atom. The van der Waals surface area contributed by atoms with Crippen molar-refractivity contribution in [3.63, 3.8) is 0 Å². The standard InChI is InChI=1S/C21H23N3O3S/c1-3-27-20(26)16-5-4-10-23(11-16)19(25)17-12-24-13-18(28-21(24)22-17)15-8-6-14(2)7-9-15/h6-9,12-13,16H,3-5,10-11H2,1-2H3. The smallest absolute Gasteiger partial charge is 0.310 e. The van der Waals surface area contributed by atoms with E-state index in [9.17, 15) is 9.59 Å². The van der Waals surface area contributed by atoms with Crippen molar-refractivity contribution in [1.82, 2.24) is 14.3 Å². The molecule has 1 aliphatic rings. The van der Waals surface area contributed by atoms with Gasteiger partial charge in [-0.15, -0.1) is 0 Å². The molecule has 1 saturated heterocycles. The van der Waals surface area contributed by atoms with Crippen LogP contribution in [0.3, 0.4) is 0 Å². The van der Waals surface area contributed by atoms with Crippen molar-refractivity contribution >= 4 is 28.2 Å². The molecule has 2 aromatic heterocycles. The number of imidazole rings is 1. The second-order valence-corrected chi connectivity index (χ2v) is 8.13. The monoisotopic (exact) mass is 397 g/mol. The molecule has 1 aromatic carbocycles. The summed E-state index contributed by atoms with van der Waals surface area (Å²) >= 11 is 1.56. The number of nitrogens with zero attached hydrogens (tertiary/aromatic N) is 3. The van der Waals surface area contributed by atoms with Crippen molar-refractivity contribution in [3.05, 3.63) is 47.9 Å².